The van der Waals surface area contributed by atoms with Crippen LogP contribution in [0, 0.1) is 0 Å². The molecule has 0 saturated carbocycles. The predicted octanol–water partition coefficient (Wildman–Crippen LogP) is 5.25. The number of carbonyl (C=O) groups excluding carboxylic acids is 1. The van der Waals surface area contributed by atoms with Crippen molar-refractivity contribution in [3.05, 3.63) is 45.2 Å². The zero-order chi connectivity index (χ0) is 23.2. The van der Waals surface area contributed by atoms with Crippen LogP contribution in [0.2, 0.25) is 0 Å². The number of unbranched alkanes of at least 4 members (excludes halogenated alkanes) is 5. The van der Waals surface area contributed by atoms with Crippen molar-refractivity contribution < 1.29 is 4.79 Å². The number of piperidine rings is 1. The van der Waals surface area contributed by atoms with E-state index in [2.05, 4.69) is 11.8 Å². The SMILES string of the molecule is CCCCCCCCN1C(=O)/C(=C/c2c(N3CCCCC3)nc3ccccn3c2=O)SC1=S. The maximum Gasteiger partial charge on any atom is 0.267 e. The molecule has 0 aliphatic carbocycles. The van der Waals surface area contributed by atoms with Crippen LogP contribution in [0.25, 0.3) is 11.7 Å². The Labute approximate surface area is 205 Å². The van der Waals surface area contributed by atoms with Gasteiger partial charge in [-0.3, -0.25) is 18.9 Å². The van der Waals surface area contributed by atoms with Crippen molar-refractivity contribution in [3.8, 4) is 0 Å². The molecule has 2 aromatic heterocycles. The fraction of sp³-hybridized carbons (Fsp3) is 0.520. The summed E-state index contributed by atoms with van der Waals surface area (Å²) in [6.07, 6.45) is 13.8. The van der Waals surface area contributed by atoms with Crippen LogP contribution in [-0.2, 0) is 4.79 Å². The average molecular weight is 485 g/mol. The van der Waals surface area contributed by atoms with E-state index in [1.807, 2.05) is 18.2 Å². The number of thiocarbonyl (C=S) groups is 1. The lowest BCUT2D eigenvalue weighted by Crippen LogP contribution is -2.33. The number of nitrogens with zero attached hydrogens (tertiary/aromatic N) is 4. The third-order valence-electron chi connectivity index (χ3n) is 6.29. The third kappa shape index (κ3) is 5.49. The average Bonchev–Trinajstić information content (AvgIpc) is 3.10. The summed E-state index contributed by atoms with van der Waals surface area (Å²) in [5.74, 6) is 0.577. The van der Waals surface area contributed by atoms with E-state index in [0.717, 1.165) is 38.8 Å². The fourth-order valence-electron chi connectivity index (χ4n) is 4.44. The van der Waals surface area contributed by atoms with Gasteiger partial charge in [-0.1, -0.05) is 69.1 Å². The Morgan fingerprint density at radius 1 is 1.06 bits per heavy atom. The fourth-order valence-corrected chi connectivity index (χ4v) is 5.73. The molecule has 2 aromatic rings. The zero-order valence-corrected chi connectivity index (χ0v) is 20.9. The largest absolute Gasteiger partial charge is 0.356 e. The van der Waals surface area contributed by atoms with E-state index in [0.29, 0.717) is 32.8 Å². The van der Waals surface area contributed by atoms with Crippen LogP contribution >= 0.6 is 24.0 Å². The van der Waals surface area contributed by atoms with Gasteiger partial charge in [-0.05, 0) is 43.9 Å². The van der Waals surface area contributed by atoms with Gasteiger partial charge in [0, 0.05) is 25.8 Å². The number of pyridine rings is 1. The topological polar surface area (TPSA) is 57.9 Å². The number of fused-ring (bicyclic) bond motifs is 1. The highest BCUT2D eigenvalue weighted by Crippen LogP contribution is 2.34. The minimum atomic E-state index is -0.151. The number of hydrogen-bond acceptors (Lipinski definition) is 6. The van der Waals surface area contributed by atoms with Crippen molar-refractivity contribution in [2.24, 2.45) is 0 Å². The summed E-state index contributed by atoms with van der Waals surface area (Å²) >= 11 is 6.81. The van der Waals surface area contributed by atoms with Gasteiger partial charge in [0.15, 0.2) is 0 Å². The molecule has 4 heterocycles. The Morgan fingerprint density at radius 2 is 1.82 bits per heavy atom. The Morgan fingerprint density at radius 3 is 2.61 bits per heavy atom. The Kier molecular flexibility index (Phi) is 8.20. The number of aromatic nitrogens is 2. The molecule has 2 aliphatic heterocycles. The van der Waals surface area contributed by atoms with Crippen molar-refractivity contribution in [1.82, 2.24) is 14.3 Å². The molecule has 176 valence electrons. The molecular weight excluding hydrogens is 452 g/mol. The lowest BCUT2D eigenvalue weighted by molar-refractivity contribution is -0.122. The Hall–Kier alpha value is -2.19. The van der Waals surface area contributed by atoms with Crippen LogP contribution in [0.5, 0.6) is 0 Å². The summed E-state index contributed by atoms with van der Waals surface area (Å²) in [6.45, 7) is 4.59. The molecule has 2 aliphatic rings. The third-order valence-corrected chi connectivity index (χ3v) is 7.67. The molecule has 0 spiro atoms. The number of carbonyl (C=O) groups is 1. The first kappa shape index (κ1) is 24.0. The van der Waals surface area contributed by atoms with E-state index in [1.54, 1.807) is 21.6 Å². The molecule has 0 unspecified atom stereocenters. The predicted molar refractivity (Wildman–Crippen MR) is 141 cm³/mol. The first-order chi connectivity index (χ1) is 16.1. The van der Waals surface area contributed by atoms with Crippen LogP contribution in [0.4, 0.5) is 5.82 Å². The van der Waals surface area contributed by atoms with Gasteiger partial charge in [0.05, 0.1) is 10.5 Å². The van der Waals surface area contributed by atoms with Crippen molar-refractivity contribution in [2.45, 2.75) is 64.7 Å². The van der Waals surface area contributed by atoms with Crippen molar-refractivity contribution in [1.29, 1.82) is 0 Å². The van der Waals surface area contributed by atoms with Gasteiger partial charge in [-0.2, -0.15) is 0 Å². The maximum absolute atomic E-state index is 13.4. The zero-order valence-electron chi connectivity index (χ0n) is 19.3. The first-order valence-electron chi connectivity index (χ1n) is 12.1. The minimum absolute atomic E-state index is 0.0966. The second kappa shape index (κ2) is 11.3. The van der Waals surface area contributed by atoms with Crippen LogP contribution in [0.1, 0.15) is 70.3 Å². The Bertz CT molecular complexity index is 1110. The molecule has 0 aromatic carbocycles. The second-order valence-corrected chi connectivity index (χ2v) is 10.4. The molecule has 0 N–H and O–H groups in total. The van der Waals surface area contributed by atoms with E-state index in [-0.39, 0.29) is 11.5 Å². The van der Waals surface area contributed by atoms with Gasteiger partial charge in [-0.25, -0.2) is 4.98 Å². The number of anilines is 1. The van der Waals surface area contributed by atoms with Gasteiger partial charge in [0.25, 0.3) is 11.5 Å². The van der Waals surface area contributed by atoms with E-state index in [4.69, 9.17) is 17.2 Å². The normalized spacial score (nSPS) is 18.2. The summed E-state index contributed by atoms with van der Waals surface area (Å²) in [5, 5.41) is 0. The number of amides is 1. The molecule has 1 amide bonds. The molecular formula is C25H32N4O2S2. The summed E-state index contributed by atoms with van der Waals surface area (Å²) in [4.78, 5) is 35.8. The van der Waals surface area contributed by atoms with Crippen molar-refractivity contribution in [3.63, 3.8) is 0 Å². The van der Waals surface area contributed by atoms with E-state index in [9.17, 15) is 9.59 Å². The van der Waals surface area contributed by atoms with Crippen molar-refractivity contribution in [2.75, 3.05) is 24.5 Å². The number of hydrogen-bond donors (Lipinski definition) is 0. The monoisotopic (exact) mass is 484 g/mol. The summed E-state index contributed by atoms with van der Waals surface area (Å²) in [7, 11) is 0. The molecule has 0 atom stereocenters. The van der Waals surface area contributed by atoms with Gasteiger partial charge >= 0.3 is 0 Å². The molecule has 6 nitrogen and oxygen atoms in total. The molecule has 8 heteroatoms. The molecule has 2 fully saturated rings. The van der Waals surface area contributed by atoms with Crippen LogP contribution in [0.3, 0.4) is 0 Å². The second-order valence-electron chi connectivity index (χ2n) is 8.73. The van der Waals surface area contributed by atoms with Gasteiger partial charge in [-0.15, -0.1) is 0 Å². The highest BCUT2D eigenvalue weighted by atomic mass is 32.2. The summed E-state index contributed by atoms with van der Waals surface area (Å²) < 4.78 is 2.13. The Balaban J connectivity index is 1.60. The summed E-state index contributed by atoms with van der Waals surface area (Å²) in [6, 6.07) is 5.55. The maximum atomic E-state index is 13.4. The minimum Gasteiger partial charge on any atom is -0.356 e. The lowest BCUT2D eigenvalue weighted by atomic mass is 10.1. The van der Waals surface area contributed by atoms with Gasteiger partial charge < -0.3 is 4.90 Å². The molecule has 2 saturated heterocycles. The smallest absolute Gasteiger partial charge is 0.267 e. The number of rotatable bonds is 9. The molecule has 0 radical (unpaired) electrons. The highest BCUT2D eigenvalue weighted by molar-refractivity contribution is 8.26. The van der Waals surface area contributed by atoms with E-state index < -0.39 is 0 Å². The summed E-state index contributed by atoms with van der Waals surface area (Å²) in [5.41, 5.74) is 0.943. The highest BCUT2D eigenvalue weighted by Gasteiger charge is 2.32. The standard InChI is InChI=1S/C25H32N4O2S2/c1-2-3-4-5-6-11-17-29-24(31)20(33-25(29)32)18-19-22(27-14-9-7-10-15-27)26-21-13-8-12-16-28(21)23(19)30/h8,12-13,16,18H,2-7,9-11,14-15,17H2,1H3/b20-18-. The molecule has 0 bridgehead atoms. The van der Waals surface area contributed by atoms with E-state index >= 15 is 0 Å². The molecule has 33 heavy (non-hydrogen) atoms. The molecule has 4 rings (SSSR count). The van der Waals surface area contributed by atoms with Gasteiger partial charge in [0.2, 0.25) is 0 Å². The quantitative estimate of drug-likeness (QED) is 0.275. The van der Waals surface area contributed by atoms with Gasteiger partial charge in [0.1, 0.15) is 15.8 Å². The first-order valence-corrected chi connectivity index (χ1v) is 13.3. The van der Waals surface area contributed by atoms with Crippen LogP contribution in [-0.4, -0.2) is 44.1 Å². The lowest BCUT2D eigenvalue weighted by Gasteiger charge is -2.29. The van der Waals surface area contributed by atoms with Crippen LogP contribution < -0.4 is 10.5 Å². The van der Waals surface area contributed by atoms with Crippen molar-refractivity contribution >= 4 is 51.7 Å². The van der Waals surface area contributed by atoms with E-state index in [1.165, 1.54) is 43.9 Å². The van der Waals surface area contributed by atoms with Crippen LogP contribution in [0.15, 0.2) is 34.1 Å². The number of thioether (sulfide) groups is 1.